The zero-order valence-electron chi connectivity index (χ0n) is 18.0. The van der Waals surface area contributed by atoms with Crippen LogP contribution in [0.3, 0.4) is 0 Å². The Bertz CT molecular complexity index is 958. The molecule has 0 aliphatic carbocycles. The predicted molar refractivity (Wildman–Crippen MR) is 115 cm³/mol. The van der Waals surface area contributed by atoms with Gasteiger partial charge in [0.05, 0.1) is 13.2 Å². The summed E-state index contributed by atoms with van der Waals surface area (Å²) >= 11 is 0. The van der Waals surface area contributed by atoms with E-state index in [0.717, 1.165) is 17.0 Å². The van der Waals surface area contributed by atoms with Crippen LogP contribution in [0.25, 0.3) is 6.08 Å². The summed E-state index contributed by atoms with van der Waals surface area (Å²) in [7, 11) is 1.63. The largest absolute Gasteiger partial charge is 0.492 e. The molecule has 1 aromatic carbocycles. The molecular weight excluding hydrogens is 398 g/mol. The van der Waals surface area contributed by atoms with Crippen LogP contribution in [-0.4, -0.2) is 49.9 Å². The van der Waals surface area contributed by atoms with Crippen LogP contribution in [-0.2, 0) is 25.6 Å². The van der Waals surface area contributed by atoms with Gasteiger partial charge in [-0.1, -0.05) is 18.2 Å². The maximum absolute atomic E-state index is 12.2. The predicted octanol–water partition coefficient (Wildman–Crippen LogP) is 2.40. The summed E-state index contributed by atoms with van der Waals surface area (Å²) in [5, 5.41) is 11.9. The summed E-state index contributed by atoms with van der Waals surface area (Å²) in [6.07, 6.45) is 1.47. The van der Waals surface area contributed by atoms with Gasteiger partial charge in [-0.3, -0.25) is 4.79 Å². The van der Waals surface area contributed by atoms with E-state index in [2.05, 4.69) is 5.32 Å². The maximum atomic E-state index is 12.2. The van der Waals surface area contributed by atoms with E-state index in [-0.39, 0.29) is 18.7 Å². The second kappa shape index (κ2) is 12.2. The van der Waals surface area contributed by atoms with Crippen molar-refractivity contribution in [2.75, 3.05) is 33.5 Å². The van der Waals surface area contributed by atoms with Gasteiger partial charge < -0.3 is 24.1 Å². The van der Waals surface area contributed by atoms with Gasteiger partial charge in [0.1, 0.15) is 24.0 Å². The van der Waals surface area contributed by atoms with Gasteiger partial charge in [-0.05, 0) is 43.7 Å². The van der Waals surface area contributed by atoms with Crippen molar-refractivity contribution in [2.45, 2.75) is 20.4 Å². The van der Waals surface area contributed by atoms with E-state index in [1.807, 2.05) is 60.9 Å². The highest BCUT2D eigenvalue weighted by atomic mass is 16.5. The van der Waals surface area contributed by atoms with Crippen molar-refractivity contribution in [3.05, 3.63) is 58.9 Å². The number of esters is 1. The van der Waals surface area contributed by atoms with E-state index in [4.69, 9.17) is 14.2 Å². The number of benzene rings is 1. The number of para-hydroxylation sites is 1. The van der Waals surface area contributed by atoms with Gasteiger partial charge in [-0.15, -0.1) is 0 Å². The summed E-state index contributed by atoms with van der Waals surface area (Å²) in [5.74, 6) is -0.617. The van der Waals surface area contributed by atoms with E-state index < -0.39 is 18.5 Å². The summed E-state index contributed by atoms with van der Waals surface area (Å²) in [4.78, 5) is 24.1. The molecule has 2 aromatic rings. The summed E-state index contributed by atoms with van der Waals surface area (Å²) in [5.41, 5.74) is 2.46. The SMILES string of the molecule is COCCn1c(C)cc(/C=C(\C#N)C(=O)OCC(=O)NCCOc2ccccc2)c1C. The zero-order chi connectivity index (χ0) is 22.6. The Hall–Kier alpha value is -3.57. The van der Waals surface area contributed by atoms with Gasteiger partial charge in [0, 0.05) is 25.0 Å². The van der Waals surface area contributed by atoms with Crippen molar-refractivity contribution < 1.29 is 23.8 Å². The molecule has 0 unspecified atom stereocenters. The number of methoxy groups -OCH3 is 1. The third-order valence-corrected chi connectivity index (χ3v) is 4.54. The molecule has 0 saturated heterocycles. The molecule has 1 N–H and O–H groups in total. The van der Waals surface area contributed by atoms with Crippen LogP contribution in [0.2, 0.25) is 0 Å². The molecule has 164 valence electrons. The lowest BCUT2D eigenvalue weighted by Gasteiger charge is -2.09. The maximum Gasteiger partial charge on any atom is 0.349 e. The van der Waals surface area contributed by atoms with Crippen LogP contribution >= 0.6 is 0 Å². The first-order chi connectivity index (χ1) is 15.0. The fourth-order valence-electron chi connectivity index (χ4n) is 2.93. The van der Waals surface area contributed by atoms with Crippen LogP contribution in [0.4, 0.5) is 0 Å². The van der Waals surface area contributed by atoms with Crippen molar-refractivity contribution in [1.82, 2.24) is 9.88 Å². The summed E-state index contributed by atoms with van der Waals surface area (Å²) in [6, 6.07) is 12.9. The Morgan fingerprint density at radius 1 is 1.19 bits per heavy atom. The zero-order valence-corrected chi connectivity index (χ0v) is 18.0. The van der Waals surface area contributed by atoms with Crippen molar-refractivity contribution in [3.63, 3.8) is 0 Å². The van der Waals surface area contributed by atoms with E-state index in [1.165, 1.54) is 6.08 Å². The van der Waals surface area contributed by atoms with Crippen LogP contribution in [0.5, 0.6) is 5.75 Å². The molecule has 8 heteroatoms. The molecule has 0 bridgehead atoms. The molecule has 0 aliphatic rings. The van der Waals surface area contributed by atoms with E-state index in [0.29, 0.717) is 18.9 Å². The summed E-state index contributed by atoms with van der Waals surface area (Å²) in [6.45, 7) is 5.14. The number of aromatic nitrogens is 1. The van der Waals surface area contributed by atoms with Gasteiger partial charge in [-0.2, -0.15) is 5.26 Å². The number of aryl methyl sites for hydroxylation is 1. The van der Waals surface area contributed by atoms with Crippen LogP contribution in [0.1, 0.15) is 17.0 Å². The Balaban J connectivity index is 1.84. The highest BCUT2D eigenvalue weighted by Crippen LogP contribution is 2.18. The number of hydrogen-bond acceptors (Lipinski definition) is 6. The normalized spacial score (nSPS) is 11.0. The minimum atomic E-state index is -0.847. The first kappa shape index (κ1) is 23.7. The number of carbonyl (C=O) groups excluding carboxylic acids is 2. The smallest absolute Gasteiger partial charge is 0.349 e. The van der Waals surface area contributed by atoms with Gasteiger partial charge in [0.25, 0.3) is 5.91 Å². The van der Waals surface area contributed by atoms with E-state index >= 15 is 0 Å². The van der Waals surface area contributed by atoms with Crippen LogP contribution in [0, 0.1) is 25.2 Å². The van der Waals surface area contributed by atoms with Gasteiger partial charge >= 0.3 is 5.97 Å². The molecular formula is C23H27N3O5. The lowest BCUT2D eigenvalue weighted by molar-refractivity contribution is -0.144. The number of amides is 1. The molecule has 1 amide bonds. The van der Waals surface area contributed by atoms with Crippen LogP contribution < -0.4 is 10.1 Å². The number of nitriles is 1. The lowest BCUT2D eigenvalue weighted by Crippen LogP contribution is -2.32. The molecule has 0 spiro atoms. The first-order valence-electron chi connectivity index (χ1n) is 9.85. The van der Waals surface area contributed by atoms with Crippen molar-refractivity contribution in [1.29, 1.82) is 5.26 Å². The average Bonchev–Trinajstić information content (AvgIpc) is 3.04. The second-order valence-electron chi connectivity index (χ2n) is 6.73. The van der Waals surface area contributed by atoms with Crippen molar-refractivity contribution in [2.24, 2.45) is 0 Å². The second-order valence-corrected chi connectivity index (χ2v) is 6.73. The Morgan fingerprint density at radius 3 is 2.61 bits per heavy atom. The number of nitrogens with zero attached hydrogens (tertiary/aromatic N) is 2. The molecule has 1 aromatic heterocycles. The monoisotopic (exact) mass is 425 g/mol. The minimum absolute atomic E-state index is 0.174. The Kier molecular flexibility index (Phi) is 9.33. The Labute approximate surface area is 182 Å². The highest BCUT2D eigenvalue weighted by molar-refractivity contribution is 5.99. The highest BCUT2D eigenvalue weighted by Gasteiger charge is 2.15. The standard InChI is InChI=1S/C23H27N3O5/c1-17-13-19(18(2)26(17)10-12-29-3)14-20(15-24)23(28)31-16-22(27)25-9-11-30-21-7-5-4-6-8-21/h4-8,13-14H,9-12,16H2,1-3H3,(H,25,27)/b20-14+. The van der Waals surface area contributed by atoms with Gasteiger partial charge in [0.2, 0.25) is 0 Å². The first-order valence-corrected chi connectivity index (χ1v) is 9.85. The van der Waals surface area contributed by atoms with Gasteiger partial charge in [-0.25, -0.2) is 4.79 Å². The Morgan fingerprint density at radius 2 is 1.94 bits per heavy atom. The number of rotatable bonds is 11. The fraction of sp³-hybridized carbons (Fsp3) is 0.348. The molecule has 2 rings (SSSR count). The lowest BCUT2D eigenvalue weighted by atomic mass is 10.1. The molecule has 0 saturated carbocycles. The minimum Gasteiger partial charge on any atom is -0.492 e. The average molecular weight is 425 g/mol. The number of ether oxygens (including phenoxy) is 3. The molecule has 1 heterocycles. The third kappa shape index (κ3) is 7.32. The van der Waals surface area contributed by atoms with Crippen LogP contribution in [0.15, 0.2) is 42.0 Å². The number of carbonyl (C=O) groups is 2. The number of nitrogens with one attached hydrogen (secondary N) is 1. The van der Waals surface area contributed by atoms with Crippen molar-refractivity contribution in [3.8, 4) is 11.8 Å². The molecule has 0 radical (unpaired) electrons. The third-order valence-electron chi connectivity index (χ3n) is 4.54. The molecule has 8 nitrogen and oxygen atoms in total. The summed E-state index contributed by atoms with van der Waals surface area (Å²) < 4.78 is 17.6. The fourth-order valence-corrected chi connectivity index (χ4v) is 2.93. The molecule has 0 atom stereocenters. The quantitative estimate of drug-likeness (QED) is 0.257. The topological polar surface area (TPSA) is 103 Å². The molecule has 0 aliphatic heterocycles. The van der Waals surface area contributed by atoms with E-state index in [9.17, 15) is 14.9 Å². The van der Waals surface area contributed by atoms with Crippen molar-refractivity contribution >= 4 is 18.0 Å². The molecule has 31 heavy (non-hydrogen) atoms. The van der Waals surface area contributed by atoms with Gasteiger partial charge in [0.15, 0.2) is 6.61 Å². The molecule has 0 fully saturated rings. The number of hydrogen-bond donors (Lipinski definition) is 1. The van der Waals surface area contributed by atoms with E-state index in [1.54, 1.807) is 7.11 Å².